The number of benzene rings is 2. The third-order valence-corrected chi connectivity index (χ3v) is 4.83. The van der Waals surface area contributed by atoms with Crippen LogP contribution >= 0.6 is 0 Å². The minimum atomic E-state index is -0.340. The minimum Gasteiger partial charge on any atom is -0.349 e. The molecule has 0 saturated heterocycles. The number of aryl methyl sites for hydroxylation is 1. The summed E-state index contributed by atoms with van der Waals surface area (Å²) in [5.74, 6) is 0.426. The highest BCUT2D eigenvalue weighted by Crippen LogP contribution is 2.32. The molecule has 0 saturated carbocycles. The van der Waals surface area contributed by atoms with Crippen LogP contribution in [0.15, 0.2) is 66.9 Å². The lowest BCUT2D eigenvalue weighted by Crippen LogP contribution is -2.46. The summed E-state index contributed by atoms with van der Waals surface area (Å²) >= 11 is 0. The van der Waals surface area contributed by atoms with Crippen LogP contribution in [-0.2, 0) is 6.54 Å². The van der Waals surface area contributed by atoms with E-state index in [9.17, 15) is 9.18 Å². The first-order valence-electron chi connectivity index (χ1n) is 9.20. The second-order valence-electron chi connectivity index (χ2n) is 6.80. The molecule has 0 atom stereocenters. The van der Waals surface area contributed by atoms with Gasteiger partial charge in [0.25, 0.3) is 0 Å². The van der Waals surface area contributed by atoms with Gasteiger partial charge in [-0.3, -0.25) is 4.90 Å². The molecule has 0 fully saturated rings. The summed E-state index contributed by atoms with van der Waals surface area (Å²) in [7, 11) is 0. The monoisotopic (exact) mass is 376 g/mol. The molecule has 0 aliphatic carbocycles. The van der Waals surface area contributed by atoms with Crippen molar-refractivity contribution >= 4 is 23.2 Å². The summed E-state index contributed by atoms with van der Waals surface area (Å²) in [6.45, 7) is 3.60. The van der Waals surface area contributed by atoms with E-state index < -0.39 is 0 Å². The fraction of sp³-hybridized carbons (Fsp3) is 0.182. The molecular formula is C22H21FN4O. The Labute approximate surface area is 163 Å². The standard InChI is InChI=1S/C22H21FN4O/c1-16-9-10-18(14-19(16)23)25-22(28)27-13-12-26(15-17-6-3-2-4-7-17)21-20(27)8-5-11-24-21/h2-11,14H,12-13,15H2,1H3,(H,25,28). The normalized spacial score (nSPS) is 13.2. The van der Waals surface area contributed by atoms with Crippen LogP contribution in [-0.4, -0.2) is 24.1 Å². The minimum absolute atomic E-state index is 0.295. The van der Waals surface area contributed by atoms with Gasteiger partial charge in [-0.1, -0.05) is 36.4 Å². The number of amides is 2. The SMILES string of the molecule is Cc1ccc(NC(=O)N2CCN(Cc3ccccc3)c3ncccc32)cc1F. The summed E-state index contributed by atoms with van der Waals surface area (Å²) < 4.78 is 13.8. The van der Waals surface area contributed by atoms with E-state index in [1.807, 2.05) is 30.3 Å². The van der Waals surface area contributed by atoms with Gasteiger partial charge in [0, 0.05) is 31.5 Å². The third-order valence-electron chi connectivity index (χ3n) is 4.83. The summed E-state index contributed by atoms with van der Waals surface area (Å²) in [6.07, 6.45) is 1.73. The number of nitrogens with zero attached hydrogens (tertiary/aromatic N) is 3. The van der Waals surface area contributed by atoms with Gasteiger partial charge in [0.15, 0.2) is 5.82 Å². The van der Waals surface area contributed by atoms with Gasteiger partial charge >= 0.3 is 6.03 Å². The number of halogens is 1. The Hall–Kier alpha value is -3.41. The lowest BCUT2D eigenvalue weighted by Gasteiger charge is -2.36. The molecule has 5 nitrogen and oxygen atoms in total. The van der Waals surface area contributed by atoms with E-state index in [0.717, 1.165) is 18.1 Å². The summed E-state index contributed by atoms with van der Waals surface area (Å²) in [5, 5.41) is 2.79. The van der Waals surface area contributed by atoms with Gasteiger partial charge < -0.3 is 10.2 Å². The van der Waals surface area contributed by atoms with E-state index in [1.165, 1.54) is 11.6 Å². The van der Waals surface area contributed by atoms with Crippen molar-refractivity contribution in [3.8, 4) is 0 Å². The molecule has 0 spiro atoms. The molecule has 6 heteroatoms. The van der Waals surface area contributed by atoms with E-state index in [-0.39, 0.29) is 11.8 Å². The number of fused-ring (bicyclic) bond motifs is 1. The molecule has 0 unspecified atom stereocenters. The zero-order valence-corrected chi connectivity index (χ0v) is 15.6. The zero-order chi connectivity index (χ0) is 19.5. The average molecular weight is 376 g/mol. The highest BCUT2D eigenvalue weighted by molar-refractivity contribution is 6.04. The van der Waals surface area contributed by atoms with Crippen LogP contribution in [0.5, 0.6) is 0 Å². The number of rotatable bonds is 3. The lowest BCUT2D eigenvalue weighted by molar-refractivity contribution is 0.256. The number of carbonyl (C=O) groups excluding carboxylic acids is 1. The fourth-order valence-corrected chi connectivity index (χ4v) is 3.32. The predicted octanol–water partition coefficient (Wildman–Crippen LogP) is 4.59. The number of anilines is 3. The summed E-state index contributed by atoms with van der Waals surface area (Å²) in [5.41, 5.74) is 2.91. The van der Waals surface area contributed by atoms with Crippen molar-refractivity contribution in [3.63, 3.8) is 0 Å². The van der Waals surface area contributed by atoms with Crippen LogP contribution in [0.2, 0.25) is 0 Å². The van der Waals surface area contributed by atoms with Crippen LogP contribution < -0.4 is 15.1 Å². The van der Waals surface area contributed by atoms with Crippen molar-refractivity contribution in [1.29, 1.82) is 0 Å². The molecule has 3 aromatic rings. The van der Waals surface area contributed by atoms with E-state index in [2.05, 4.69) is 27.3 Å². The van der Waals surface area contributed by atoms with Crippen molar-refractivity contribution in [2.45, 2.75) is 13.5 Å². The summed E-state index contributed by atoms with van der Waals surface area (Å²) in [6, 6.07) is 18.3. The first-order chi connectivity index (χ1) is 13.6. The number of urea groups is 1. The second-order valence-corrected chi connectivity index (χ2v) is 6.80. The van der Waals surface area contributed by atoms with Crippen LogP contribution in [0.25, 0.3) is 0 Å². The van der Waals surface area contributed by atoms with Crippen LogP contribution in [0, 0.1) is 12.7 Å². The van der Waals surface area contributed by atoms with Gasteiger partial charge in [0.05, 0.1) is 5.69 Å². The quantitative estimate of drug-likeness (QED) is 0.727. The molecule has 1 N–H and O–H groups in total. The Morgan fingerprint density at radius 2 is 1.93 bits per heavy atom. The molecule has 2 heterocycles. The van der Waals surface area contributed by atoms with Crippen molar-refractivity contribution in [1.82, 2.24) is 4.98 Å². The average Bonchev–Trinajstić information content (AvgIpc) is 2.72. The number of aromatic nitrogens is 1. The predicted molar refractivity (Wildman–Crippen MR) is 109 cm³/mol. The molecule has 0 bridgehead atoms. The Kier molecular flexibility index (Phi) is 4.93. The zero-order valence-electron chi connectivity index (χ0n) is 15.6. The van der Waals surface area contributed by atoms with Gasteiger partial charge in [0.2, 0.25) is 0 Å². The van der Waals surface area contributed by atoms with E-state index in [0.29, 0.717) is 24.3 Å². The maximum atomic E-state index is 13.8. The maximum Gasteiger partial charge on any atom is 0.326 e. The van der Waals surface area contributed by atoms with E-state index >= 15 is 0 Å². The molecule has 1 aliphatic heterocycles. The molecule has 2 aromatic carbocycles. The second kappa shape index (κ2) is 7.68. The molecule has 0 radical (unpaired) electrons. The number of hydrogen-bond donors (Lipinski definition) is 1. The molecule has 1 aliphatic rings. The highest BCUT2D eigenvalue weighted by atomic mass is 19.1. The molecule has 28 heavy (non-hydrogen) atoms. The van der Waals surface area contributed by atoms with Crippen LogP contribution in [0.4, 0.5) is 26.4 Å². The number of pyridine rings is 1. The topological polar surface area (TPSA) is 48.5 Å². The van der Waals surface area contributed by atoms with Crippen molar-refractivity contribution in [3.05, 3.63) is 83.8 Å². The van der Waals surface area contributed by atoms with Crippen LogP contribution in [0.3, 0.4) is 0 Å². The Bertz CT molecular complexity index is 993. The van der Waals surface area contributed by atoms with Gasteiger partial charge in [-0.15, -0.1) is 0 Å². The number of nitrogens with one attached hydrogen (secondary N) is 1. The van der Waals surface area contributed by atoms with Crippen molar-refractivity contribution in [2.75, 3.05) is 28.2 Å². The third kappa shape index (κ3) is 3.67. The highest BCUT2D eigenvalue weighted by Gasteiger charge is 2.28. The summed E-state index contributed by atoms with van der Waals surface area (Å²) in [4.78, 5) is 21.2. The fourth-order valence-electron chi connectivity index (χ4n) is 3.32. The first-order valence-corrected chi connectivity index (χ1v) is 9.20. The lowest BCUT2D eigenvalue weighted by atomic mass is 10.2. The Balaban J connectivity index is 1.55. The van der Waals surface area contributed by atoms with Gasteiger partial charge in [-0.25, -0.2) is 14.2 Å². The van der Waals surface area contributed by atoms with E-state index in [1.54, 1.807) is 30.2 Å². The number of hydrogen-bond acceptors (Lipinski definition) is 3. The molecule has 142 valence electrons. The van der Waals surface area contributed by atoms with Crippen molar-refractivity contribution in [2.24, 2.45) is 0 Å². The molecule has 4 rings (SSSR count). The maximum absolute atomic E-state index is 13.8. The smallest absolute Gasteiger partial charge is 0.326 e. The number of carbonyl (C=O) groups is 1. The Morgan fingerprint density at radius 1 is 1.11 bits per heavy atom. The van der Waals surface area contributed by atoms with E-state index in [4.69, 9.17) is 0 Å². The largest absolute Gasteiger partial charge is 0.349 e. The first kappa shape index (κ1) is 18.0. The van der Waals surface area contributed by atoms with Gasteiger partial charge in [-0.2, -0.15) is 0 Å². The molecule has 2 amide bonds. The molecule has 1 aromatic heterocycles. The Morgan fingerprint density at radius 3 is 2.71 bits per heavy atom. The van der Waals surface area contributed by atoms with Crippen LogP contribution in [0.1, 0.15) is 11.1 Å². The molecular weight excluding hydrogens is 355 g/mol. The van der Waals surface area contributed by atoms with Gasteiger partial charge in [-0.05, 0) is 42.3 Å². The van der Waals surface area contributed by atoms with Crippen molar-refractivity contribution < 1.29 is 9.18 Å². The van der Waals surface area contributed by atoms with Gasteiger partial charge in [0.1, 0.15) is 5.82 Å².